The molecule has 0 unspecified atom stereocenters. The summed E-state index contributed by atoms with van der Waals surface area (Å²) in [6.07, 6.45) is 0. The second-order valence-corrected chi connectivity index (χ2v) is 21.2. The molecule has 2 aromatic heterocycles. The van der Waals surface area contributed by atoms with Crippen LogP contribution in [0.4, 0.5) is 34.1 Å². The molecule has 0 aliphatic carbocycles. The van der Waals surface area contributed by atoms with Crippen molar-refractivity contribution in [3.05, 3.63) is 291 Å². The molecule has 0 fully saturated rings. The van der Waals surface area contributed by atoms with Gasteiger partial charge in [0.1, 0.15) is 11.2 Å². The molecule has 16 rings (SSSR count). The van der Waals surface area contributed by atoms with Gasteiger partial charge in [-0.2, -0.15) is 0 Å². The van der Waals surface area contributed by atoms with Crippen LogP contribution in [-0.2, 0) is 0 Å². The van der Waals surface area contributed by atoms with Gasteiger partial charge in [-0.1, -0.05) is 243 Å². The second kappa shape index (κ2) is 18.8. The number of fused-ring (bicyclic) bond motifs is 6. The predicted molar refractivity (Wildman–Crippen MR) is 341 cm³/mol. The van der Waals surface area contributed by atoms with E-state index >= 15 is 0 Å². The summed E-state index contributed by atoms with van der Waals surface area (Å²) in [5.41, 5.74) is 19.2. The molecule has 0 N–H and O–H groups in total. The SMILES string of the molecule is Cc1cc2ccc3c(N(c4cc(-c5ccccc5)ccc4-c4ccccc4)c4cccc5c4oc4ccccc45)cc(N(c4cc(-c5ccccc5)ccc4-c4ccccc4)c4cccc5c4oc4ccccc45)c4ccc(c1)c2c34. The highest BCUT2D eigenvalue weighted by Gasteiger charge is 2.31. The number of furan rings is 2. The van der Waals surface area contributed by atoms with Crippen LogP contribution in [0.2, 0.25) is 0 Å². The van der Waals surface area contributed by atoms with Crippen molar-refractivity contribution in [1.29, 1.82) is 0 Å². The highest BCUT2D eigenvalue weighted by molar-refractivity contribution is 6.30. The summed E-state index contributed by atoms with van der Waals surface area (Å²) in [5.74, 6) is 0. The summed E-state index contributed by atoms with van der Waals surface area (Å²) < 4.78 is 14.3. The Bertz CT molecular complexity index is 4750. The van der Waals surface area contributed by atoms with E-state index in [1.165, 1.54) is 27.1 Å². The first-order chi connectivity index (χ1) is 40.1. The van der Waals surface area contributed by atoms with Gasteiger partial charge in [0.05, 0.1) is 34.1 Å². The average Bonchev–Trinajstić information content (AvgIpc) is 4.10. The molecule has 4 nitrogen and oxygen atoms in total. The van der Waals surface area contributed by atoms with Crippen molar-refractivity contribution in [2.24, 2.45) is 0 Å². The number of rotatable bonds is 10. The van der Waals surface area contributed by atoms with Gasteiger partial charge >= 0.3 is 0 Å². The van der Waals surface area contributed by atoms with Gasteiger partial charge in [0.15, 0.2) is 11.2 Å². The van der Waals surface area contributed by atoms with Crippen LogP contribution in [0, 0.1) is 6.92 Å². The molecule has 0 atom stereocenters. The van der Waals surface area contributed by atoms with Crippen molar-refractivity contribution in [2.45, 2.75) is 6.92 Å². The molecular weight excluding hydrogens is 985 g/mol. The molecule has 2 heterocycles. The van der Waals surface area contributed by atoms with E-state index in [-0.39, 0.29) is 0 Å². The lowest BCUT2D eigenvalue weighted by atomic mass is 9.89. The van der Waals surface area contributed by atoms with E-state index in [0.717, 1.165) is 133 Å². The molecular formula is C77H50N2O2. The minimum atomic E-state index is 0.802. The number of benzene rings is 14. The number of nitrogens with zero attached hydrogens (tertiary/aromatic N) is 2. The maximum atomic E-state index is 7.16. The van der Waals surface area contributed by atoms with Gasteiger partial charge in [-0.15, -0.1) is 0 Å². The Morgan fingerprint density at radius 2 is 0.642 bits per heavy atom. The third kappa shape index (κ3) is 7.60. The summed E-state index contributed by atoms with van der Waals surface area (Å²) in [7, 11) is 0. The standard InChI is InChI=1S/C77H50N2O2/c1-49-44-56-38-42-64-70(78(66-32-18-30-62-60-28-14-16-34-72(60)80-76(62)66)68-46-54(50-20-6-2-7-21-50)36-40-58(68)52-24-10-4-11-25-52)48-71(65-43-39-57(45-49)74(56)75(64)65)79(67-33-19-31-63-61-29-15-17-35-73(61)81-77(63)67)69-47-55(51-22-8-3-9-23-51)37-41-59(69)53-26-12-5-13-27-53/h2-48H,1H3. The zero-order chi connectivity index (χ0) is 53.5. The number of hydrogen-bond donors (Lipinski definition) is 0. The van der Waals surface area contributed by atoms with Crippen LogP contribution >= 0.6 is 0 Å². The fourth-order valence-electron chi connectivity index (χ4n) is 12.8. The molecule has 0 spiro atoms. The monoisotopic (exact) mass is 1030 g/mol. The van der Waals surface area contributed by atoms with E-state index in [2.05, 4.69) is 302 Å². The van der Waals surface area contributed by atoms with Crippen LogP contribution in [0.25, 0.3) is 121 Å². The molecule has 0 radical (unpaired) electrons. The Hall–Kier alpha value is -10.7. The predicted octanol–water partition coefficient (Wildman–Crippen LogP) is 22.3. The Kier molecular flexibility index (Phi) is 10.8. The van der Waals surface area contributed by atoms with E-state index in [0.29, 0.717) is 0 Å². The van der Waals surface area contributed by atoms with Crippen molar-refractivity contribution in [2.75, 3.05) is 9.80 Å². The fourth-order valence-corrected chi connectivity index (χ4v) is 12.8. The van der Waals surface area contributed by atoms with Crippen LogP contribution in [-0.4, -0.2) is 0 Å². The maximum Gasteiger partial charge on any atom is 0.159 e. The van der Waals surface area contributed by atoms with Gasteiger partial charge in [-0.05, 0) is 104 Å². The van der Waals surface area contributed by atoms with E-state index in [1.807, 2.05) is 0 Å². The molecule has 0 aliphatic rings. The van der Waals surface area contributed by atoms with Crippen molar-refractivity contribution in [3.63, 3.8) is 0 Å². The molecule has 0 saturated carbocycles. The number of para-hydroxylation sites is 4. The van der Waals surface area contributed by atoms with Crippen molar-refractivity contribution in [1.82, 2.24) is 0 Å². The van der Waals surface area contributed by atoms with Gasteiger partial charge in [-0.25, -0.2) is 0 Å². The Balaban J connectivity index is 1.11. The fraction of sp³-hybridized carbons (Fsp3) is 0.0130. The van der Waals surface area contributed by atoms with Crippen LogP contribution in [0.1, 0.15) is 5.56 Å². The minimum Gasteiger partial charge on any atom is -0.454 e. The van der Waals surface area contributed by atoms with Crippen LogP contribution in [0.5, 0.6) is 0 Å². The van der Waals surface area contributed by atoms with Crippen LogP contribution < -0.4 is 9.80 Å². The van der Waals surface area contributed by atoms with Crippen molar-refractivity contribution >= 4 is 110 Å². The van der Waals surface area contributed by atoms with Gasteiger partial charge in [0.2, 0.25) is 0 Å². The molecule has 0 aliphatic heterocycles. The van der Waals surface area contributed by atoms with Crippen LogP contribution in [0.15, 0.2) is 294 Å². The maximum absolute atomic E-state index is 7.16. The summed E-state index contributed by atoms with van der Waals surface area (Å²) in [6.45, 7) is 2.20. The third-order valence-corrected chi connectivity index (χ3v) is 16.4. The van der Waals surface area contributed by atoms with Crippen LogP contribution in [0.3, 0.4) is 0 Å². The zero-order valence-electron chi connectivity index (χ0n) is 44.3. The van der Waals surface area contributed by atoms with Crippen molar-refractivity contribution in [3.8, 4) is 44.5 Å². The van der Waals surface area contributed by atoms with E-state index in [4.69, 9.17) is 8.83 Å². The number of anilines is 6. The van der Waals surface area contributed by atoms with E-state index in [1.54, 1.807) is 0 Å². The summed E-state index contributed by atoms with van der Waals surface area (Å²) in [5, 5.41) is 11.2. The molecule has 4 heteroatoms. The molecule has 16 aromatic rings. The lowest BCUT2D eigenvalue weighted by Crippen LogP contribution is -2.16. The summed E-state index contributed by atoms with van der Waals surface area (Å²) in [6, 6.07) is 103. The Morgan fingerprint density at radius 3 is 1.09 bits per heavy atom. The molecule has 14 aromatic carbocycles. The molecule has 0 saturated heterocycles. The van der Waals surface area contributed by atoms with E-state index in [9.17, 15) is 0 Å². The quantitative estimate of drug-likeness (QED) is 0.128. The normalized spacial score (nSPS) is 11.8. The second-order valence-electron chi connectivity index (χ2n) is 21.2. The lowest BCUT2D eigenvalue weighted by Gasteiger charge is -2.34. The highest BCUT2D eigenvalue weighted by Crippen LogP contribution is 2.55. The first-order valence-electron chi connectivity index (χ1n) is 27.7. The summed E-state index contributed by atoms with van der Waals surface area (Å²) >= 11 is 0. The number of hydrogen-bond acceptors (Lipinski definition) is 4. The zero-order valence-corrected chi connectivity index (χ0v) is 44.3. The minimum absolute atomic E-state index is 0.802. The van der Waals surface area contributed by atoms with Crippen molar-refractivity contribution < 1.29 is 8.83 Å². The largest absolute Gasteiger partial charge is 0.454 e. The molecule has 0 bridgehead atoms. The Morgan fingerprint density at radius 1 is 0.247 bits per heavy atom. The Labute approximate surface area is 468 Å². The first kappa shape index (κ1) is 46.4. The average molecular weight is 1040 g/mol. The lowest BCUT2D eigenvalue weighted by molar-refractivity contribution is 0.669. The van der Waals surface area contributed by atoms with Gasteiger partial charge < -0.3 is 18.6 Å². The molecule has 380 valence electrons. The van der Waals surface area contributed by atoms with Gasteiger partial charge in [0, 0.05) is 48.8 Å². The molecule has 0 amide bonds. The third-order valence-electron chi connectivity index (χ3n) is 16.4. The first-order valence-corrected chi connectivity index (χ1v) is 27.7. The number of aryl methyl sites for hydroxylation is 1. The molecule has 81 heavy (non-hydrogen) atoms. The van der Waals surface area contributed by atoms with Gasteiger partial charge in [0.25, 0.3) is 0 Å². The van der Waals surface area contributed by atoms with Gasteiger partial charge in [-0.3, -0.25) is 0 Å². The highest BCUT2D eigenvalue weighted by atomic mass is 16.3. The summed E-state index contributed by atoms with van der Waals surface area (Å²) in [4.78, 5) is 5.00. The van der Waals surface area contributed by atoms with E-state index < -0.39 is 0 Å². The smallest absolute Gasteiger partial charge is 0.159 e. The topological polar surface area (TPSA) is 32.8 Å².